The van der Waals surface area contributed by atoms with E-state index in [9.17, 15) is 14.3 Å². The fraction of sp³-hybridized carbons (Fsp3) is 0.500. The highest BCUT2D eigenvalue weighted by atomic mass is 79.9. The first kappa shape index (κ1) is 14.5. The number of carboxylic acid groups (broad SMARTS) is 1. The Morgan fingerprint density at radius 2 is 2.11 bits per heavy atom. The monoisotopic (exact) mass is 329 g/mol. The first-order valence-corrected chi connectivity index (χ1v) is 7.19. The van der Waals surface area contributed by atoms with Crippen LogP contribution in [-0.2, 0) is 10.3 Å². The van der Waals surface area contributed by atoms with Gasteiger partial charge in [-0.25, -0.2) is 9.18 Å². The molecule has 1 fully saturated rings. The predicted molar refractivity (Wildman–Crippen MR) is 74.5 cm³/mol. The zero-order valence-corrected chi connectivity index (χ0v) is 12.3. The van der Waals surface area contributed by atoms with Gasteiger partial charge in [0.2, 0.25) is 0 Å². The van der Waals surface area contributed by atoms with Crippen molar-refractivity contribution in [1.29, 1.82) is 0 Å². The Labute approximate surface area is 120 Å². The van der Waals surface area contributed by atoms with Crippen molar-refractivity contribution in [1.82, 2.24) is 5.32 Å². The summed E-state index contributed by atoms with van der Waals surface area (Å²) in [6.07, 6.45) is 4.22. The largest absolute Gasteiger partial charge is 0.480 e. The summed E-state index contributed by atoms with van der Waals surface area (Å²) in [4.78, 5) is 11.7. The second-order valence-corrected chi connectivity index (χ2v) is 6.03. The highest BCUT2D eigenvalue weighted by molar-refractivity contribution is 9.10. The Morgan fingerprint density at radius 1 is 1.47 bits per heavy atom. The number of hydrogen-bond donors (Lipinski definition) is 2. The summed E-state index contributed by atoms with van der Waals surface area (Å²) < 4.78 is 13.6. The van der Waals surface area contributed by atoms with E-state index in [-0.39, 0.29) is 11.9 Å². The third kappa shape index (κ3) is 2.98. The molecule has 0 aliphatic heterocycles. The van der Waals surface area contributed by atoms with Gasteiger partial charge in [-0.2, -0.15) is 0 Å². The van der Waals surface area contributed by atoms with Crippen molar-refractivity contribution in [2.45, 2.75) is 44.2 Å². The van der Waals surface area contributed by atoms with Crippen LogP contribution in [0, 0.1) is 5.82 Å². The van der Waals surface area contributed by atoms with E-state index >= 15 is 0 Å². The maximum absolute atomic E-state index is 13.1. The average molecular weight is 330 g/mol. The summed E-state index contributed by atoms with van der Waals surface area (Å²) in [5.74, 6) is -1.34. The van der Waals surface area contributed by atoms with E-state index < -0.39 is 11.5 Å². The second-order valence-electron chi connectivity index (χ2n) is 5.18. The molecule has 0 heterocycles. The van der Waals surface area contributed by atoms with Crippen LogP contribution in [0.5, 0.6) is 0 Å². The van der Waals surface area contributed by atoms with Crippen LogP contribution in [0.15, 0.2) is 22.7 Å². The quantitative estimate of drug-likeness (QED) is 0.889. The molecule has 1 unspecified atom stereocenters. The number of rotatable bonds is 4. The van der Waals surface area contributed by atoms with Gasteiger partial charge in [-0.3, -0.25) is 5.32 Å². The molecule has 5 heteroatoms. The summed E-state index contributed by atoms with van der Waals surface area (Å²) in [6.45, 7) is 1.63. The van der Waals surface area contributed by atoms with Crippen molar-refractivity contribution in [2.75, 3.05) is 0 Å². The Morgan fingerprint density at radius 3 is 2.63 bits per heavy atom. The molecule has 19 heavy (non-hydrogen) atoms. The van der Waals surface area contributed by atoms with Crippen LogP contribution in [0.2, 0.25) is 0 Å². The summed E-state index contributed by atoms with van der Waals surface area (Å²) >= 11 is 3.26. The first-order chi connectivity index (χ1) is 8.93. The lowest BCUT2D eigenvalue weighted by molar-refractivity contribution is -0.145. The van der Waals surface area contributed by atoms with Crippen LogP contribution >= 0.6 is 15.9 Å². The van der Waals surface area contributed by atoms with Crippen LogP contribution in [0.3, 0.4) is 0 Å². The summed E-state index contributed by atoms with van der Waals surface area (Å²) in [5, 5.41) is 12.8. The van der Waals surface area contributed by atoms with E-state index in [1.165, 1.54) is 18.2 Å². The van der Waals surface area contributed by atoms with Gasteiger partial charge >= 0.3 is 5.97 Å². The number of halogens is 2. The molecule has 0 bridgehead atoms. The molecule has 1 aliphatic carbocycles. The molecule has 2 N–H and O–H groups in total. The lowest BCUT2D eigenvalue weighted by Gasteiger charge is -2.31. The minimum Gasteiger partial charge on any atom is -0.480 e. The Balaban J connectivity index is 2.34. The predicted octanol–water partition coefficient (Wildman–Crippen LogP) is 3.42. The maximum atomic E-state index is 13.1. The third-order valence-electron chi connectivity index (χ3n) is 3.75. The van der Waals surface area contributed by atoms with Crippen molar-refractivity contribution in [3.8, 4) is 0 Å². The van der Waals surface area contributed by atoms with Crippen LogP contribution in [0.4, 0.5) is 4.39 Å². The van der Waals surface area contributed by atoms with Gasteiger partial charge < -0.3 is 5.11 Å². The molecule has 2 rings (SSSR count). The highest BCUT2D eigenvalue weighted by Crippen LogP contribution is 2.32. The molecular formula is C14H17BrFNO2. The standard InChI is InChI=1S/C14H17BrFNO2/c1-14(13(18)19,17-10-4-2-3-5-10)11-7-6-9(16)8-12(11)15/h6-8,10,17H,2-5H2,1H3,(H,18,19). The molecule has 1 aromatic rings. The average Bonchev–Trinajstić information content (AvgIpc) is 2.81. The number of nitrogens with one attached hydrogen (secondary N) is 1. The van der Waals surface area contributed by atoms with Crippen molar-refractivity contribution in [3.63, 3.8) is 0 Å². The van der Waals surface area contributed by atoms with Crippen LogP contribution in [-0.4, -0.2) is 17.1 Å². The normalized spacial score (nSPS) is 19.3. The van der Waals surface area contributed by atoms with Gasteiger partial charge in [0, 0.05) is 10.5 Å². The number of carbonyl (C=O) groups is 1. The molecule has 1 atom stereocenters. The molecule has 0 spiro atoms. The zero-order chi connectivity index (χ0) is 14.0. The van der Waals surface area contributed by atoms with Crippen molar-refractivity contribution >= 4 is 21.9 Å². The SMILES string of the molecule is CC(NC1CCCC1)(C(=O)O)c1ccc(F)cc1Br. The van der Waals surface area contributed by atoms with Crippen molar-refractivity contribution in [3.05, 3.63) is 34.1 Å². The van der Waals surface area contributed by atoms with Gasteiger partial charge in [-0.05, 0) is 37.5 Å². The van der Waals surface area contributed by atoms with E-state index in [0.717, 1.165) is 25.7 Å². The number of aliphatic carboxylic acids is 1. The Bertz CT molecular complexity index is 488. The van der Waals surface area contributed by atoms with Crippen LogP contribution in [0.1, 0.15) is 38.2 Å². The van der Waals surface area contributed by atoms with Gasteiger partial charge in [-0.1, -0.05) is 34.8 Å². The molecule has 0 amide bonds. The van der Waals surface area contributed by atoms with Gasteiger partial charge in [0.1, 0.15) is 11.4 Å². The third-order valence-corrected chi connectivity index (χ3v) is 4.40. The lowest BCUT2D eigenvalue weighted by Crippen LogP contribution is -2.50. The van der Waals surface area contributed by atoms with E-state index in [0.29, 0.717) is 10.0 Å². The molecule has 1 aromatic carbocycles. The fourth-order valence-corrected chi connectivity index (χ4v) is 3.38. The topological polar surface area (TPSA) is 49.3 Å². The van der Waals surface area contributed by atoms with Crippen molar-refractivity contribution < 1.29 is 14.3 Å². The summed E-state index contributed by atoms with van der Waals surface area (Å²) in [6, 6.07) is 4.32. The second kappa shape index (κ2) is 5.59. The Hall–Kier alpha value is -0.940. The number of hydrogen-bond acceptors (Lipinski definition) is 2. The molecule has 104 valence electrons. The van der Waals surface area contributed by atoms with Crippen LogP contribution in [0.25, 0.3) is 0 Å². The Kier molecular flexibility index (Phi) is 4.26. The van der Waals surface area contributed by atoms with Gasteiger partial charge in [0.05, 0.1) is 0 Å². The molecule has 1 aliphatic rings. The van der Waals surface area contributed by atoms with E-state index in [2.05, 4.69) is 21.2 Å². The summed E-state index contributed by atoms with van der Waals surface area (Å²) in [5.41, 5.74) is -0.657. The maximum Gasteiger partial charge on any atom is 0.328 e. The number of carboxylic acids is 1. The molecular weight excluding hydrogens is 313 g/mol. The molecule has 0 radical (unpaired) electrons. The highest BCUT2D eigenvalue weighted by Gasteiger charge is 2.39. The van der Waals surface area contributed by atoms with E-state index in [1.807, 2.05) is 0 Å². The minimum atomic E-state index is -1.21. The molecule has 1 saturated carbocycles. The first-order valence-electron chi connectivity index (χ1n) is 6.40. The van der Waals surface area contributed by atoms with Gasteiger partial charge in [0.25, 0.3) is 0 Å². The van der Waals surface area contributed by atoms with Gasteiger partial charge in [-0.15, -0.1) is 0 Å². The summed E-state index contributed by atoms with van der Waals surface area (Å²) in [7, 11) is 0. The molecule has 0 saturated heterocycles. The minimum absolute atomic E-state index is 0.207. The lowest BCUT2D eigenvalue weighted by atomic mass is 9.90. The molecule has 3 nitrogen and oxygen atoms in total. The molecule has 0 aromatic heterocycles. The van der Waals surface area contributed by atoms with Gasteiger partial charge in [0.15, 0.2) is 0 Å². The fourth-order valence-electron chi connectivity index (χ4n) is 2.63. The van der Waals surface area contributed by atoms with E-state index in [4.69, 9.17) is 0 Å². The van der Waals surface area contributed by atoms with Crippen molar-refractivity contribution in [2.24, 2.45) is 0 Å². The zero-order valence-electron chi connectivity index (χ0n) is 10.7. The number of benzene rings is 1. The smallest absolute Gasteiger partial charge is 0.328 e. The van der Waals surface area contributed by atoms with E-state index in [1.54, 1.807) is 6.92 Å². The van der Waals surface area contributed by atoms with Crippen LogP contribution < -0.4 is 5.32 Å².